The minimum Gasteiger partial charge on any atom is -0.494 e. The molecule has 28 heavy (non-hydrogen) atoms. The van der Waals surface area contributed by atoms with Gasteiger partial charge in [-0.1, -0.05) is 26.8 Å². The molecule has 0 radical (unpaired) electrons. The summed E-state index contributed by atoms with van der Waals surface area (Å²) in [6.45, 7) is 8.78. The Labute approximate surface area is 167 Å². The molecule has 0 unspecified atom stereocenters. The van der Waals surface area contributed by atoms with Crippen LogP contribution < -0.4 is 10.1 Å². The fraction of sp³-hybridized carbons (Fsp3) is 0.381. The predicted octanol–water partition coefficient (Wildman–Crippen LogP) is 4.07. The van der Waals surface area contributed by atoms with E-state index < -0.39 is 10.0 Å². The van der Waals surface area contributed by atoms with Crippen LogP contribution in [0.2, 0.25) is 0 Å². The van der Waals surface area contributed by atoms with E-state index in [0.29, 0.717) is 42.3 Å². The Morgan fingerprint density at radius 1 is 1.04 bits per heavy atom. The summed E-state index contributed by atoms with van der Waals surface area (Å²) in [4.78, 5) is 12.7. The second-order valence-corrected chi connectivity index (χ2v) is 8.30. The van der Waals surface area contributed by atoms with Crippen LogP contribution in [0.4, 0.5) is 5.69 Å². The van der Waals surface area contributed by atoms with Crippen molar-refractivity contribution >= 4 is 21.6 Å². The Balaban J connectivity index is 2.22. The van der Waals surface area contributed by atoms with E-state index in [4.69, 9.17) is 4.74 Å². The lowest BCUT2D eigenvalue weighted by atomic mass is 10.2. The van der Waals surface area contributed by atoms with Crippen molar-refractivity contribution in [2.24, 2.45) is 0 Å². The van der Waals surface area contributed by atoms with Gasteiger partial charge in [0.2, 0.25) is 10.0 Å². The number of hydrogen-bond donors (Lipinski definition) is 1. The van der Waals surface area contributed by atoms with Crippen molar-refractivity contribution < 1.29 is 17.9 Å². The summed E-state index contributed by atoms with van der Waals surface area (Å²) in [5.41, 5.74) is 1.55. The molecule has 2 aromatic carbocycles. The van der Waals surface area contributed by atoms with Gasteiger partial charge in [0.25, 0.3) is 5.91 Å². The number of nitrogens with zero attached hydrogens (tertiary/aromatic N) is 1. The van der Waals surface area contributed by atoms with Crippen LogP contribution in [-0.4, -0.2) is 38.3 Å². The van der Waals surface area contributed by atoms with Gasteiger partial charge in [0.1, 0.15) is 5.75 Å². The Hall–Kier alpha value is -2.38. The molecule has 2 aromatic rings. The van der Waals surface area contributed by atoms with Gasteiger partial charge in [-0.3, -0.25) is 4.79 Å². The number of benzene rings is 2. The highest BCUT2D eigenvalue weighted by molar-refractivity contribution is 7.89. The van der Waals surface area contributed by atoms with Gasteiger partial charge in [0.05, 0.1) is 11.5 Å². The summed E-state index contributed by atoms with van der Waals surface area (Å²) in [5, 5.41) is 2.77. The Morgan fingerprint density at radius 2 is 1.68 bits per heavy atom. The number of hydrogen-bond acceptors (Lipinski definition) is 4. The predicted molar refractivity (Wildman–Crippen MR) is 111 cm³/mol. The van der Waals surface area contributed by atoms with Gasteiger partial charge in [-0.05, 0) is 55.3 Å². The molecule has 0 aliphatic carbocycles. The lowest BCUT2D eigenvalue weighted by Crippen LogP contribution is -2.31. The Bertz CT molecular complexity index is 905. The topological polar surface area (TPSA) is 75.7 Å². The van der Waals surface area contributed by atoms with Gasteiger partial charge >= 0.3 is 0 Å². The molecule has 1 N–H and O–H groups in total. The van der Waals surface area contributed by atoms with Crippen molar-refractivity contribution in [1.29, 1.82) is 0 Å². The van der Waals surface area contributed by atoms with Crippen LogP contribution in [-0.2, 0) is 10.0 Å². The summed E-state index contributed by atoms with van der Waals surface area (Å²) in [7, 11) is -3.60. The second-order valence-electron chi connectivity index (χ2n) is 6.40. The van der Waals surface area contributed by atoms with Crippen LogP contribution in [0.25, 0.3) is 0 Å². The van der Waals surface area contributed by atoms with Crippen molar-refractivity contribution in [1.82, 2.24) is 4.31 Å². The molecule has 2 rings (SSSR count). The highest BCUT2D eigenvalue weighted by atomic mass is 32.2. The molecule has 0 aliphatic rings. The van der Waals surface area contributed by atoms with E-state index in [1.54, 1.807) is 57.2 Å². The van der Waals surface area contributed by atoms with Crippen molar-refractivity contribution in [3.05, 3.63) is 53.6 Å². The first kappa shape index (κ1) is 21.9. The zero-order valence-electron chi connectivity index (χ0n) is 16.9. The van der Waals surface area contributed by atoms with E-state index in [1.807, 2.05) is 6.92 Å². The normalized spacial score (nSPS) is 11.5. The van der Waals surface area contributed by atoms with Crippen molar-refractivity contribution in [2.75, 3.05) is 25.0 Å². The summed E-state index contributed by atoms with van der Waals surface area (Å²) in [6, 6.07) is 11.8. The van der Waals surface area contributed by atoms with E-state index in [1.165, 1.54) is 10.4 Å². The second kappa shape index (κ2) is 9.71. The number of sulfonamides is 1. The number of rotatable bonds is 9. The van der Waals surface area contributed by atoms with E-state index in [-0.39, 0.29) is 10.8 Å². The average Bonchev–Trinajstić information content (AvgIpc) is 2.68. The zero-order chi connectivity index (χ0) is 20.7. The van der Waals surface area contributed by atoms with E-state index in [2.05, 4.69) is 5.32 Å². The number of ether oxygens (including phenoxy) is 1. The maximum Gasteiger partial charge on any atom is 0.255 e. The van der Waals surface area contributed by atoms with Crippen LogP contribution >= 0.6 is 0 Å². The first-order valence-electron chi connectivity index (χ1n) is 9.48. The summed E-state index contributed by atoms with van der Waals surface area (Å²) in [6.07, 6.45) is 0.911. The van der Waals surface area contributed by atoms with Gasteiger partial charge in [0.15, 0.2) is 0 Å². The molecule has 0 heterocycles. The maximum absolute atomic E-state index is 12.8. The van der Waals surface area contributed by atoms with Crippen molar-refractivity contribution in [3.8, 4) is 5.75 Å². The zero-order valence-corrected chi connectivity index (χ0v) is 17.7. The number of anilines is 1. The van der Waals surface area contributed by atoms with Gasteiger partial charge < -0.3 is 10.1 Å². The number of carbonyl (C=O) groups is 1. The van der Waals surface area contributed by atoms with Crippen molar-refractivity contribution in [3.63, 3.8) is 0 Å². The van der Waals surface area contributed by atoms with E-state index in [0.717, 1.165) is 6.42 Å². The fourth-order valence-electron chi connectivity index (χ4n) is 2.78. The van der Waals surface area contributed by atoms with Crippen molar-refractivity contribution in [2.45, 2.75) is 39.0 Å². The van der Waals surface area contributed by atoms with Crippen LogP contribution in [0.5, 0.6) is 5.75 Å². The molecular formula is C21H28N2O4S. The SMILES string of the molecule is CCCOc1ccc(C(=O)Nc2ccc(C)c(S(=O)(=O)N(CC)CC)c2)cc1. The molecule has 0 saturated heterocycles. The fourth-order valence-corrected chi connectivity index (χ4v) is 4.49. The average molecular weight is 405 g/mol. The first-order valence-corrected chi connectivity index (χ1v) is 10.9. The Morgan fingerprint density at radius 3 is 2.25 bits per heavy atom. The van der Waals surface area contributed by atoms with Gasteiger partial charge in [0, 0.05) is 24.3 Å². The number of amides is 1. The Kier molecular flexibility index (Phi) is 7.60. The minimum atomic E-state index is -3.60. The molecule has 0 saturated carbocycles. The molecular weight excluding hydrogens is 376 g/mol. The standard InChI is InChI=1S/C21H28N2O4S/c1-5-14-27-19-12-9-17(10-13-19)21(24)22-18-11-8-16(4)20(15-18)28(25,26)23(6-2)7-3/h8-13,15H,5-7,14H2,1-4H3,(H,22,24). The third-order valence-electron chi connectivity index (χ3n) is 4.36. The third-order valence-corrected chi connectivity index (χ3v) is 6.55. The molecule has 1 amide bonds. The minimum absolute atomic E-state index is 0.206. The van der Waals surface area contributed by atoms with Crippen LogP contribution in [0.3, 0.4) is 0 Å². The quantitative estimate of drug-likeness (QED) is 0.684. The number of carbonyl (C=O) groups excluding carboxylic acids is 1. The third kappa shape index (κ3) is 5.11. The smallest absolute Gasteiger partial charge is 0.255 e. The molecule has 152 valence electrons. The summed E-state index contributed by atoms with van der Waals surface area (Å²) >= 11 is 0. The monoisotopic (exact) mass is 404 g/mol. The molecule has 0 bridgehead atoms. The molecule has 0 spiro atoms. The molecule has 0 aromatic heterocycles. The first-order chi connectivity index (χ1) is 13.3. The lowest BCUT2D eigenvalue weighted by molar-refractivity contribution is 0.102. The number of nitrogens with one attached hydrogen (secondary N) is 1. The van der Waals surface area contributed by atoms with Crippen LogP contribution in [0, 0.1) is 6.92 Å². The summed E-state index contributed by atoms with van der Waals surface area (Å²) < 4.78 is 32.6. The number of aryl methyl sites for hydroxylation is 1. The molecule has 6 nitrogen and oxygen atoms in total. The molecule has 0 aliphatic heterocycles. The molecule has 0 atom stereocenters. The van der Waals surface area contributed by atoms with Gasteiger partial charge in [-0.2, -0.15) is 4.31 Å². The van der Waals surface area contributed by atoms with Gasteiger partial charge in [-0.25, -0.2) is 8.42 Å². The molecule has 7 heteroatoms. The summed E-state index contributed by atoms with van der Waals surface area (Å²) in [5.74, 6) is 0.401. The maximum atomic E-state index is 12.8. The highest BCUT2D eigenvalue weighted by Crippen LogP contribution is 2.24. The lowest BCUT2D eigenvalue weighted by Gasteiger charge is -2.20. The largest absolute Gasteiger partial charge is 0.494 e. The highest BCUT2D eigenvalue weighted by Gasteiger charge is 2.24. The van der Waals surface area contributed by atoms with Crippen LogP contribution in [0.15, 0.2) is 47.4 Å². The molecule has 0 fully saturated rings. The van der Waals surface area contributed by atoms with Gasteiger partial charge in [-0.15, -0.1) is 0 Å². The van der Waals surface area contributed by atoms with Crippen LogP contribution in [0.1, 0.15) is 43.1 Å². The van der Waals surface area contributed by atoms with E-state index in [9.17, 15) is 13.2 Å². The van der Waals surface area contributed by atoms with E-state index >= 15 is 0 Å².